The highest BCUT2D eigenvalue weighted by molar-refractivity contribution is 5.86. The molecular formula is C25H24FNO5. The number of hydrogen-bond donors (Lipinski definition) is 1. The summed E-state index contributed by atoms with van der Waals surface area (Å²) in [6.45, 7) is 2.33. The summed E-state index contributed by atoms with van der Waals surface area (Å²) in [5.74, 6) is -2.38. The zero-order valence-corrected chi connectivity index (χ0v) is 17.8. The van der Waals surface area contributed by atoms with E-state index in [9.17, 15) is 24.3 Å². The molecule has 1 aliphatic carbocycles. The predicted molar refractivity (Wildman–Crippen MR) is 115 cm³/mol. The third kappa shape index (κ3) is 4.09. The molecule has 2 aromatic rings. The first-order valence-electron chi connectivity index (χ1n) is 10.2. The number of ether oxygens (including phenoxy) is 2. The Bertz CT molecular complexity index is 1060. The highest BCUT2D eigenvalue weighted by atomic mass is 19.1. The van der Waals surface area contributed by atoms with Gasteiger partial charge >= 0.3 is 11.9 Å². The molecule has 0 amide bonds. The van der Waals surface area contributed by atoms with Crippen LogP contribution in [0.3, 0.4) is 0 Å². The molecule has 0 unspecified atom stereocenters. The lowest BCUT2D eigenvalue weighted by molar-refractivity contribution is -0.145. The largest absolute Gasteiger partial charge is 0.481 e. The van der Waals surface area contributed by atoms with Crippen LogP contribution in [0.5, 0.6) is 11.5 Å². The summed E-state index contributed by atoms with van der Waals surface area (Å²) >= 11 is 0. The summed E-state index contributed by atoms with van der Waals surface area (Å²) in [5.41, 5.74) is -1.76. The summed E-state index contributed by atoms with van der Waals surface area (Å²) in [4.78, 5) is 24.2. The number of benzene rings is 2. The molecule has 7 heteroatoms. The van der Waals surface area contributed by atoms with Gasteiger partial charge < -0.3 is 14.6 Å². The van der Waals surface area contributed by atoms with E-state index < -0.39 is 41.3 Å². The number of aliphatic carboxylic acids is 1. The molecule has 0 spiro atoms. The Labute approximate surface area is 185 Å². The topological polar surface area (TPSA) is 96.6 Å². The zero-order chi connectivity index (χ0) is 23.4. The molecule has 0 radical (unpaired) electrons. The van der Waals surface area contributed by atoms with Gasteiger partial charge in [0.2, 0.25) is 0 Å². The third-order valence-electron chi connectivity index (χ3n) is 6.11. The number of nitrogens with zero attached hydrogens (tertiary/aromatic N) is 1. The maximum atomic E-state index is 12.5. The zero-order valence-electron chi connectivity index (χ0n) is 17.8. The van der Waals surface area contributed by atoms with Crippen molar-refractivity contribution in [3.63, 3.8) is 0 Å². The van der Waals surface area contributed by atoms with Crippen LogP contribution in [0.15, 0.2) is 66.7 Å². The summed E-state index contributed by atoms with van der Waals surface area (Å²) < 4.78 is 22.7. The standard InChI is InChI=1S/C25H24FNO5/c1-24(2)21(11-12-22(28)31-14-13-26)25(24,23(29)30)20(16-27)17-7-6-10-19(15-17)32-18-8-4-3-5-9-18/h3-12,15,20-21H,13-14H2,1-2H3,(H,29,30)/b12-11-/t20-,21-,25+/m0/s1. The van der Waals surface area contributed by atoms with Gasteiger partial charge in [0.1, 0.15) is 30.2 Å². The number of halogens is 1. The minimum absolute atomic E-state index is 0.365. The molecule has 2 aromatic carbocycles. The van der Waals surface area contributed by atoms with E-state index in [2.05, 4.69) is 10.8 Å². The molecular weight excluding hydrogens is 413 g/mol. The molecule has 1 aliphatic rings. The van der Waals surface area contributed by atoms with Gasteiger partial charge in [-0.3, -0.25) is 4.79 Å². The fourth-order valence-electron chi connectivity index (χ4n) is 4.50. The maximum Gasteiger partial charge on any atom is 0.330 e. The average Bonchev–Trinajstić information content (AvgIpc) is 3.27. The SMILES string of the molecule is CC1(C)[C@H](/C=C\C(=O)OCCF)[C@@]1(C(=O)O)[C@@H](C#N)c1cccc(Oc2ccccc2)c1. The number of hydrogen-bond acceptors (Lipinski definition) is 5. The molecule has 0 aromatic heterocycles. The van der Waals surface area contributed by atoms with E-state index in [-0.39, 0.29) is 6.61 Å². The highest BCUT2D eigenvalue weighted by Gasteiger charge is 2.78. The van der Waals surface area contributed by atoms with Crippen molar-refractivity contribution in [2.75, 3.05) is 13.3 Å². The van der Waals surface area contributed by atoms with Crippen LogP contribution < -0.4 is 4.74 Å². The van der Waals surface area contributed by atoms with Crippen LogP contribution in [0.1, 0.15) is 25.3 Å². The van der Waals surface area contributed by atoms with E-state index in [4.69, 9.17) is 4.74 Å². The van der Waals surface area contributed by atoms with E-state index in [0.717, 1.165) is 6.08 Å². The Morgan fingerprint density at radius 1 is 1.19 bits per heavy atom. The minimum Gasteiger partial charge on any atom is -0.481 e. The molecule has 1 fully saturated rings. The molecule has 0 aliphatic heterocycles. The molecule has 1 N–H and O–H groups in total. The van der Waals surface area contributed by atoms with E-state index in [0.29, 0.717) is 17.1 Å². The fraction of sp³-hybridized carbons (Fsp3) is 0.320. The predicted octanol–water partition coefficient (Wildman–Crippen LogP) is 4.88. The number of carbonyl (C=O) groups excluding carboxylic acids is 1. The van der Waals surface area contributed by atoms with Gasteiger partial charge in [0.25, 0.3) is 0 Å². The van der Waals surface area contributed by atoms with Gasteiger partial charge in [-0.2, -0.15) is 5.26 Å². The number of para-hydroxylation sites is 1. The van der Waals surface area contributed by atoms with Crippen molar-refractivity contribution in [2.24, 2.45) is 16.7 Å². The second kappa shape index (κ2) is 9.23. The van der Waals surface area contributed by atoms with Gasteiger partial charge in [-0.05, 0) is 35.2 Å². The highest BCUT2D eigenvalue weighted by Crippen LogP contribution is 2.75. The van der Waals surface area contributed by atoms with Gasteiger partial charge in [-0.15, -0.1) is 0 Å². The van der Waals surface area contributed by atoms with Crippen molar-refractivity contribution >= 4 is 11.9 Å². The number of carboxylic acid groups (broad SMARTS) is 1. The maximum absolute atomic E-state index is 12.5. The van der Waals surface area contributed by atoms with Crippen LogP contribution in [-0.2, 0) is 14.3 Å². The van der Waals surface area contributed by atoms with Crippen LogP contribution in [-0.4, -0.2) is 30.3 Å². The number of allylic oxidation sites excluding steroid dienone is 1. The summed E-state index contributed by atoms with van der Waals surface area (Å²) in [7, 11) is 0. The van der Waals surface area contributed by atoms with Crippen LogP contribution in [0.2, 0.25) is 0 Å². The lowest BCUT2D eigenvalue weighted by Crippen LogP contribution is -2.28. The van der Waals surface area contributed by atoms with Gasteiger partial charge in [-0.1, -0.05) is 50.3 Å². The molecule has 3 rings (SSSR count). The Morgan fingerprint density at radius 2 is 1.88 bits per heavy atom. The number of carboxylic acids is 1. The molecule has 166 valence electrons. The molecule has 0 bridgehead atoms. The minimum atomic E-state index is -1.45. The summed E-state index contributed by atoms with van der Waals surface area (Å²) in [6, 6.07) is 18.1. The van der Waals surface area contributed by atoms with Crippen LogP contribution in [0.25, 0.3) is 0 Å². The lowest BCUT2D eigenvalue weighted by Gasteiger charge is -2.22. The Balaban J connectivity index is 1.92. The van der Waals surface area contributed by atoms with Gasteiger partial charge in [0.15, 0.2) is 0 Å². The molecule has 32 heavy (non-hydrogen) atoms. The molecule has 3 atom stereocenters. The van der Waals surface area contributed by atoms with E-state index in [1.54, 1.807) is 50.2 Å². The van der Waals surface area contributed by atoms with Gasteiger partial charge in [0, 0.05) is 12.0 Å². The molecule has 1 saturated carbocycles. The number of carbonyl (C=O) groups is 2. The Morgan fingerprint density at radius 3 is 2.50 bits per heavy atom. The summed E-state index contributed by atoms with van der Waals surface area (Å²) in [5, 5.41) is 20.2. The Kier molecular flexibility index (Phi) is 6.64. The fourth-order valence-corrected chi connectivity index (χ4v) is 4.50. The Hall–Kier alpha value is -3.66. The second-order valence-corrected chi connectivity index (χ2v) is 8.14. The number of alkyl halides is 1. The first-order valence-corrected chi connectivity index (χ1v) is 10.2. The third-order valence-corrected chi connectivity index (χ3v) is 6.11. The van der Waals surface area contributed by atoms with E-state index in [1.807, 2.05) is 18.2 Å². The van der Waals surface area contributed by atoms with Crippen molar-refractivity contribution in [1.82, 2.24) is 0 Å². The first-order chi connectivity index (χ1) is 15.3. The van der Waals surface area contributed by atoms with Crippen molar-refractivity contribution in [3.8, 4) is 17.6 Å². The van der Waals surface area contributed by atoms with Crippen LogP contribution in [0.4, 0.5) is 4.39 Å². The smallest absolute Gasteiger partial charge is 0.330 e. The quantitative estimate of drug-likeness (QED) is 0.444. The molecule has 0 heterocycles. The lowest BCUT2D eigenvalue weighted by atomic mass is 9.78. The molecule has 0 saturated heterocycles. The van der Waals surface area contributed by atoms with Gasteiger partial charge in [-0.25, -0.2) is 9.18 Å². The first kappa shape index (κ1) is 23.0. The van der Waals surface area contributed by atoms with E-state index in [1.165, 1.54) is 6.08 Å². The van der Waals surface area contributed by atoms with Crippen molar-refractivity contribution < 1.29 is 28.6 Å². The average molecular weight is 437 g/mol. The van der Waals surface area contributed by atoms with Crippen LogP contribution in [0, 0.1) is 28.1 Å². The number of esters is 1. The number of rotatable bonds is 9. The molecule has 6 nitrogen and oxygen atoms in total. The normalized spacial score (nSPS) is 22.0. The van der Waals surface area contributed by atoms with Crippen molar-refractivity contribution in [3.05, 3.63) is 72.3 Å². The van der Waals surface area contributed by atoms with E-state index >= 15 is 0 Å². The summed E-state index contributed by atoms with van der Waals surface area (Å²) in [6.07, 6.45) is 2.56. The van der Waals surface area contributed by atoms with Crippen molar-refractivity contribution in [2.45, 2.75) is 19.8 Å². The second-order valence-electron chi connectivity index (χ2n) is 8.14. The monoisotopic (exact) mass is 437 g/mol. The van der Waals surface area contributed by atoms with Gasteiger partial charge in [0.05, 0.1) is 12.0 Å². The number of nitriles is 1. The van der Waals surface area contributed by atoms with Crippen molar-refractivity contribution in [1.29, 1.82) is 5.26 Å². The van der Waals surface area contributed by atoms with Crippen LogP contribution >= 0.6 is 0 Å².